The summed E-state index contributed by atoms with van der Waals surface area (Å²) in [7, 11) is 1.36. The molecule has 27 heavy (non-hydrogen) atoms. The molecule has 0 saturated carbocycles. The van der Waals surface area contributed by atoms with Gasteiger partial charge in [0.25, 0.3) is 0 Å². The fourth-order valence-electron chi connectivity index (χ4n) is 3.60. The fourth-order valence-corrected chi connectivity index (χ4v) is 3.60. The molecule has 2 aliphatic heterocycles. The van der Waals surface area contributed by atoms with Crippen LogP contribution in [0.4, 0.5) is 4.79 Å². The largest absolute Gasteiger partial charge is 0.417 e. The third kappa shape index (κ3) is 2.54. The van der Waals surface area contributed by atoms with Gasteiger partial charge in [-0.05, 0) is 19.1 Å². The standard InChI is InChI=1S/C18H18N4O5/c1-11-10-14(23)13-8-9-20-16(24)19(2)17(25)22(20)15(13)21(11)18(26)27-12-6-4-3-5-7-12/h3-8,11,15H,9-10H2,1-2H3/t11-,15-/m1/s1. The van der Waals surface area contributed by atoms with Crippen LogP contribution in [-0.4, -0.2) is 36.7 Å². The third-order valence-electron chi connectivity index (χ3n) is 4.95. The number of carbonyl (C=O) groups excluding carboxylic acids is 2. The Morgan fingerprint density at radius 1 is 1.11 bits per heavy atom. The number of hydrogen-bond acceptors (Lipinski definition) is 5. The van der Waals surface area contributed by atoms with E-state index in [0.29, 0.717) is 11.3 Å². The van der Waals surface area contributed by atoms with Gasteiger partial charge in [0.15, 0.2) is 11.9 Å². The number of ether oxygens (including phenoxy) is 1. The summed E-state index contributed by atoms with van der Waals surface area (Å²) >= 11 is 0. The van der Waals surface area contributed by atoms with Gasteiger partial charge in [-0.25, -0.2) is 28.3 Å². The molecule has 1 fully saturated rings. The summed E-state index contributed by atoms with van der Waals surface area (Å²) in [6, 6.07) is 8.04. The molecular formula is C18H18N4O5. The van der Waals surface area contributed by atoms with E-state index < -0.39 is 29.7 Å². The molecular weight excluding hydrogens is 352 g/mol. The van der Waals surface area contributed by atoms with Crippen LogP contribution in [0.1, 0.15) is 19.5 Å². The van der Waals surface area contributed by atoms with Crippen LogP contribution in [0.5, 0.6) is 5.75 Å². The van der Waals surface area contributed by atoms with E-state index >= 15 is 0 Å². The molecule has 140 valence electrons. The molecule has 4 rings (SSSR count). The molecule has 3 heterocycles. The number of aromatic nitrogens is 3. The Labute approximate surface area is 153 Å². The van der Waals surface area contributed by atoms with Crippen molar-refractivity contribution in [1.29, 1.82) is 0 Å². The number of carbonyl (C=O) groups is 2. The van der Waals surface area contributed by atoms with Gasteiger partial charge < -0.3 is 4.74 Å². The van der Waals surface area contributed by atoms with Crippen LogP contribution in [0.2, 0.25) is 0 Å². The first-order valence-corrected chi connectivity index (χ1v) is 8.57. The van der Waals surface area contributed by atoms with Gasteiger partial charge in [0, 0.05) is 25.1 Å². The summed E-state index contributed by atoms with van der Waals surface area (Å²) < 4.78 is 8.79. The smallest absolute Gasteiger partial charge is 0.410 e. The maximum Gasteiger partial charge on any atom is 0.417 e. The van der Waals surface area contributed by atoms with Crippen molar-refractivity contribution < 1.29 is 14.3 Å². The highest BCUT2D eigenvalue weighted by molar-refractivity contribution is 5.98. The van der Waals surface area contributed by atoms with E-state index in [2.05, 4.69) is 0 Å². The Morgan fingerprint density at radius 3 is 2.52 bits per heavy atom. The summed E-state index contributed by atoms with van der Waals surface area (Å²) in [5, 5.41) is 0. The number of para-hydroxylation sites is 1. The first kappa shape index (κ1) is 17.1. The van der Waals surface area contributed by atoms with Gasteiger partial charge >= 0.3 is 17.5 Å². The molecule has 0 radical (unpaired) electrons. The first-order chi connectivity index (χ1) is 12.9. The minimum atomic E-state index is -1.01. The predicted octanol–water partition coefficient (Wildman–Crippen LogP) is 0.649. The Kier molecular flexibility index (Phi) is 3.87. The summed E-state index contributed by atoms with van der Waals surface area (Å²) in [6.07, 6.45) is 0.0296. The SMILES string of the molecule is C[C@@H]1CC(=O)C2=CCn3c(=O)n(C)c(=O)n3[C@H]2N1C(=O)Oc1ccccc1. The van der Waals surface area contributed by atoms with Crippen molar-refractivity contribution in [1.82, 2.24) is 18.8 Å². The maximum atomic E-state index is 12.9. The zero-order valence-electron chi connectivity index (χ0n) is 14.9. The molecule has 0 spiro atoms. The Morgan fingerprint density at radius 2 is 1.81 bits per heavy atom. The van der Waals surface area contributed by atoms with E-state index in [-0.39, 0.29) is 18.7 Å². The molecule has 1 aromatic heterocycles. The van der Waals surface area contributed by atoms with Crippen molar-refractivity contribution in [2.45, 2.75) is 32.1 Å². The van der Waals surface area contributed by atoms with Crippen LogP contribution in [0.15, 0.2) is 51.6 Å². The number of likely N-dealkylation sites (tertiary alicyclic amines) is 1. The van der Waals surface area contributed by atoms with Crippen molar-refractivity contribution in [3.8, 4) is 5.75 Å². The summed E-state index contributed by atoms with van der Waals surface area (Å²) in [4.78, 5) is 51.7. The molecule has 2 aromatic rings. The van der Waals surface area contributed by atoms with Crippen LogP contribution in [0.25, 0.3) is 0 Å². The number of Topliss-reactive ketones (excluding diaryl/α,β-unsaturated/α-hetero) is 1. The number of piperidine rings is 1. The maximum absolute atomic E-state index is 12.9. The van der Waals surface area contributed by atoms with E-state index in [1.807, 2.05) is 0 Å². The quantitative estimate of drug-likeness (QED) is 0.734. The first-order valence-electron chi connectivity index (χ1n) is 8.57. The Bertz CT molecular complexity index is 1080. The number of amides is 1. The van der Waals surface area contributed by atoms with Crippen LogP contribution in [-0.2, 0) is 18.4 Å². The second kappa shape index (κ2) is 6.11. The highest BCUT2D eigenvalue weighted by atomic mass is 16.6. The second-order valence-electron chi connectivity index (χ2n) is 6.65. The van der Waals surface area contributed by atoms with Crippen molar-refractivity contribution in [3.05, 3.63) is 62.9 Å². The number of benzene rings is 1. The average molecular weight is 370 g/mol. The molecule has 0 aliphatic carbocycles. The molecule has 2 aliphatic rings. The molecule has 0 bridgehead atoms. The molecule has 0 unspecified atom stereocenters. The monoisotopic (exact) mass is 370 g/mol. The summed E-state index contributed by atoms with van der Waals surface area (Å²) in [6.45, 7) is 1.81. The summed E-state index contributed by atoms with van der Waals surface area (Å²) in [5.41, 5.74) is -0.766. The van der Waals surface area contributed by atoms with E-state index in [1.54, 1.807) is 43.3 Å². The van der Waals surface area contributed by atoms with Gasteiger partial charge in [-0.3, -0.25) is 9.69 Å². The lowest BCUT2D eigenvalue weighted by molar-refractivity contribution is -0.120. The minimum Gasteiger partial charge on any atom is -0.410 e. The normalized spacial score (nSPS) is 21.3. The molecule has 1 aromatic carbocycles. The van der Waals surface area contributed by atoms with Crippen molar-refractivity contribution in [3.63, 3.8) is 0 Å². The van der Waals surface area contributed by atoms with Gasteiger partial charge in [0.2, 0.25) is 0 Å². The summed E-state index contributed by atoms with van der Waals surface area (Å²) in [5.74, 6) is 0.205. The van der Waals surface area contributed by atoms with Gasteiger partial charge in [-0.15, -0.1) is 0 Å². The third-order valence-corrected chi connectivity index (χ3v) is 4.95. The second-order valence-corrected chi connectivity index (χ2v) is 6.65. The molecule has 2 atom stereocenters. The van der Waals surface area contributed by atoms with Crippen LogP contribution in [0.3, 0.4) is 0 Å². The topological polar surface area (TPSA) is 95.5 Å². The average Bonchev–Trinajstić information content (AvgIpc) is 2.87. The highest BCUT2D eigenvalue weighted by Gasteiger charge is 2.45. The highest BCUT2D eigenvalue weighted by Crippen LogP contribution is 2.34. The van der Waals surface area contributed by atoms with Gasteiger partial charge in [-0.2, -0.15) is 0 Å². The van der Waals surface area contributed by atoms with Gasteiger partial charge in [0.05, 0.1) is 6.54 Å². The molecule has 0 N–H and O–H groups in total. The number of allylic oxidation sites excluding steroid dienone is 1. The van der Waals surface area contributed by atoms with E-state index in [1.165, 1.54) is 16.6 Å². The molecule has 9 nitrogen and oxygen atoms in total. The number of nitrogens with zero attached hydrogens (tertiary/aromatic N) is 4. The molecule has 9 heteroatoms. The number of rotatable bonds is 1. The van der Waals surface area contributed by atoms with E-state index in [9.17, 15) is 19.2 Å². The predicted molar refractivity (Wildman–Crippen MR) is 94.4 cm³/mol. The van der Waals surface area contributed by atoms with Gasteiger partial charge in [-0.1, -0.05) is 24.3 Å². The lowest BCUT2D eigenvalue weighted by atomic mass is 9.93. The Hall–Kier alpha value is -3.36. The minimum absolute atomic E-state index is 0.0996. The van der Waals surface area contributed by atoms with Gasteiger partial charge in [0.1, 0.15) is 5.75 Å². The lowest BCUT2D eigenvalue weighted by Gasteiger charge is -2.42. The number of fused-ring (bicyclic) bond motifs is 3. The fraction of sp³-hybridized carbons (Fsp3) is 0.333. The Balaban J connectivity index is 1.81. The molecule has 1 amide bonds. The van der Waals surface area contributed by atoms with E-state index in [4.69, 9.17) is 4.74 Å². The number of hydrogen-bond donors (Lipinski definition) is 0. The van der Waals surface area contributed by atoms with Crippen LogP contribution >= 0.6 is 0 Å². The zero-order valence-corrected chi connectivity index (χ0v) is 14.9. The van der Waals surface area contributed by atoms with Crippen LogP contribution in [0, 0.1) is 0 Å². The van der Waals surface area contributed by atoms with E-state index in [0.717, 1.165) is 9.25 Å². The van der Waals surface area contributed by atoms with Crippen molar-refractivity contribution >= 4 is 11.9 Å². The van der Waals surface area contributed by atoms with Crippen molar-refractivity contribution in [2.75, 3.05) is 0 Å². The lowest BCUT2D eigenvalue weighted by Crippen LogP contribution is -2.55. The number of ketones is 1. The zero-order chi connectivity index (χ0) is 19.3. The molecule has 1 saturated heterocycles. The van der Waals surface area contributed by atoms with Crippen molar-refractivity contribution in [2.24, 2.45) is 7.05 Å². The van der Waals surface area contributed by atoms with Crippen LogP contribution < -0.4 is 16.1 Å².